The molecule has 0 atom stereocenters. The molecule has 0 radical (unpaired) electrons. The predicted molar refractivity (Wildman–Crippen MR) is 82.0 cm³/mol. The van der Waals surface area contributed by atoms with Gasteiger partial charge in [-0.2, -0.15) is 0 Å². The number of carbonyl (C=O) groups excluding carboxylic acids is 1. The SMILES string of the molecule is CCC(=O)c1ccc(N(C)C)cc1C1=NC(C)(C)CO1. The van der Waals surface area contributed by atoms with Gasteiger partial charge in [0.05, 0.1) is 5.54 Å². The largest absolute Gasteiger partial charge is 0.475 e. The van der Waals surface area contributed by atoms with E-state index >= 15 is 0 Å². The molecule has 4 heteroatoms. The Morgan fingerprint density at radius 1 is 1.40 bits per heavy atom. The molecule has 1 aliphatic rings. The summed E-state index contributed by atoms with van der Waals surface area (Å²) in [7, 11) is 3.95. The van der Waals surface area contributed by atoms with Crippen LogP contribution in [0.15, 0.2) is 23.2 Å². The minimum absolute atomic E-state index is 0.112. The first-order chi connectivity index (χ1) is 9.34. The van der Waals surface area contributed by atoms with Gasteiger partial charge in [-0.15, -0.1) is 0 Å². The number of ketones is 1. The highest BCUT2D eigenvalue weighted by molar-refractivity contribution is 6.09. The zero-order valence-electron chi connectivity index (χ0n) is 12.9. The van der Waals surface area contributed by atoms with Gasteiger partial charge in [0, 0.05) is 37.3 Å². The summed E-state index contributed by atoms with van der Waals surface area (Å²) in [6.07, 6.45) is 0.477. The lowest BCUT2D eigenvalue weighted by Gasteiger charge is -2.16. The van der Waals surface area contributed by atoms with Gasteiger partial charge in [-0.05, 0) is 32.0 Å². The molecule has 0 fully saturated rings. The molecule has 1 aliphatic heterocycles. The van der Waals surface area contributed by atoms with E-state index < -0.39 is 0 Å². The molecule has 0 aliphatic carbocycles. The Bertz CT molecular complexity index is 560. The highest BCUT2D eigenvalue weighted by atomic mass is 16.5. The van der Waals surface area contributed by atoms with Crippen LogP contribution in [0.5, 0.6) is 0 Å². The lowest BCUT2D eigenvalue weighted by atomic mass is 10.0. The number of nitrogens with zero attached hydrogens (tertiary/aromatic N) is 2. The lowest BCUT2D eigenvalue weighted by molar-refractivity contribution is 0.0987. The summed E-state index contributed by atoms with van der Waals surface area (Å²) in [5, 5.41) is 0. The Labute approximate surface area is 120 Å². The molecule has 0 spiro atoms. The van der Waals surface area contributed by atoms with E-state index in [-0.39, 0.29) is 11.3 Å². The van der Waals surface area contributed by atoms with Crippen LogP contribution >= 0.6 is 0 Å². The van der Waals surface area contributed by atoms with Crippen LogP contribution in [0, 0.1) is 0 Å². The van der Waals surface area contributed by atoms with E-state index in [9.17, 15) is 4.79 Å². The molecular weight excluding hydrogens is 252 g/mol. The van der Waals surface area contributed by atoms with Crippen molar-refractivity contribution in [3.63, 3.8) is 0 Å². The van der Waals surface area contributed by atoms with Crippen molar-refractivity contribution < 1.29 is 9.53 Å². The Hall–Kier alpha value is -1.84. The minimum atomic E-state index is -0.226. The van der Waals surface area contributed by atoms with Crippen molar-refractivity contribution in [2.75, 3.05) is 25.6 Å². The third-order valence-corrected chi connectivity index (χ3v) is 3.34. The maximum absolute atomic E-state index is 12.1. The molecule has 108 valence electrons. The van der Waals surface area contributed by atoms with Crippen molar-refractivity contribution in [2.45, 2.75) is 32.7 Å². The third kappa shape index (κ3) is 2.84. The zero-order chi connectivity index (χ0) is 14.9. The van der Waals surface area contributed by atoms with Crippen LogP contribution < -0.4 is 4.90 Å². The second kappa shape index (κ2) is 5.27. The first-order valence-electron chi connectivity index (χ1n) is 6.91. The van der Waals surface area contributed by atoms with E-state index in [0.717, 1.165) is 11.3 Å². The maximum atomic E-state index is 12.1. The molecule has 0 amide bonds. The standard InChI is InChI=1S/C16H22N2O2/c1-6-14(19)12-8-7-11(18(4)5)9-13(12)15-17-16(2,3)10-20-15/h7-9H,6,10H2,1-5H3. The van der Waals surface area contributed by atoms with E-state index in [0.29, 0.717) is 24.5 Å². The summed E-state index contributed by atoms with van der Waals surface area (Å²) >= 11 is 0. The Kier molecular flexibility index (Phi) is 3.84. The lowest BCUT2D eigenvalue weighted by Crippen LogP contribution is -2.17. The highest BCUT2D eigenvalue weighted by Crippen LogP contribution is 2.26. The van der Waals surface area contributed by atoms with Gasteiger partial charge in [0.25, 0.3) is 0 Å². The Morgan fingerprint density at radius 2 is 2.10 bits per heavy atom. The van der Waals surface area contributed by atoms with Gasteiger partial charge in [0.15, 0.2) is 5.78 Å². The number of hydrogen-bond acceptors (Lipinski definition) is 4. The first-order valence-corrected chi connectivity index (χ1v) is 6.91. The topological polar surface area (TPSA) is 41.9 Å². The monoisotopic (exact) mass is 274 g/mol. The van der Waals surface area contributed by atoms with Gasteiger partial charge in [0.2, 0.25) is 5.90 Å². The first kappa shape index (κ1) is 14.6. The summed E-state index contributed by atoms with van der Waals surface area (Å²) in [5.74, 6) is 0.691. The fraction of sp³-hybridized carbons (Fsp3) is 0.500. The molecule has 2 rings (SSSR count). The summed E-state index contributed by atoms with van der Waals surface area (Å²) in [6.45, 7) is 6.47. The number of hydrogen-bond donors (Lipinski definition) is 0. The van der Waals surface area contributed by atoms with Crippen LogP contribution in [-0.4, -0.2) is 37.9 Å². The number of rotatable bonds is 4. The second-order valence-electron chi connectivity index (χ2n) is 5.92. The van der Waals surface area contributed by atoms with E-state index in [4.69, 9.17) is 4.74 Å². The molecular formula is C16H22N2O2. The molecule has 0 saturated heterocycles. The number of benzene rings is 1. The fourth-order valence-electron chi connectivity index (χ4n) is 2.14. The highest BCUT2D eigenvalue weighted by Gasteiger charge is 2.29. The van der Waals surface area contributed by atoms with E-state index in [1.807, 2.05) is 58.0 Å². The van der Waals surface area contributed by atoms with Crippen LogP contribution in [0.25, 0.3) is 0 Å². The molecule has 4 nitrogen and oxygen atoms in total. The van der Waals surface area contributed by atoms with Crippen LogP contribution in [0.1, 0.15) is 43.1 Å². The molecule has 1 aromatic carbocycles. The maximum Gasteiger partial charge on any atom is 0.217 e. The second-order valence-corrected chi connectivity index (χ2v) is 5.92. The van der Waals surface area contributed by atoms with Crippen LogP contribution in [0.3, 0.4) is 0 Å². The van der Waals surface area contributed by atoms with Gasteiger partial charge >= 0.3 is 0 Å². The van der Waals surface area contributed by atoms with Gasteiger partial charge < -0.3 is 9.64 Å². The molecule has 0 aromatic heterocycles. The number of aliphatic imine (C=N–C) groups is 1. The third-order valence-electron chi connectivity index (χ3n) is 3.34. The molecule has 1 aromatic rings. The van der Waals surface area contributed by atoms with Gasteiger partial charge in [-0.25, -0.2) is 4.99 Å². The molecule has 0 bridgehead atoms. The summed E-state index contributed by atoms with van der Waals surface area (Å²) < 4.78 is 5.70. The Morgan fingerprint density at radius 3 is 2.60 bits per heavy atom. The quantitative estimate of drug-likeness (QED) is 0.793. The summed E-state index contributed by atoms with van der Waals surface area (Å²) in [4.78, 5) is 18.7. The minimum Gasteiger partial charge on any atom is -0.475 e. The predicted octanol–water partition coefficient (Wildman–Crippen LogP) is 2.90. The summed E-state index contributed by atoms with van der Waals surface area (Å²) in [6, 6.07) is 5.80. The Balaban J connectivity index is 2.53. The van der Waals surface area contributed by atoms with Gasteiger partial charge in [-0.3, -0.25) is 4.79 Å². The van der Waals surface area contributed by atoms with Crippen molar-refractivity contribution in [3.8, 4) is 0 Å². The normalized spacial score (nSPS) is 16.6. The molecule has 0 unspecified atom stereocenters. The van der Waals surface area contributed by atoms with E-state index in [1.54, 1.807) is 0 Å². The zero-order valence-corrected chi connectivity index (χ0v) is 12.9. The molecule has 20 heavy (non-hydrogen) atoms. The number of ether oxygens (including phenoxy) is 1. The van der Waals surface area contributed by atoms with Crippen LogP contribution in [0.2, 0.25) is 0 Å². The van der Waals surface area contributed by atoms with E-state index in [1.165, 1.54) is 0 Å². The van der Waals surface area contributed by atoms with Crippen molar-refractivity contribution in [1.82, 2.24) is 0 Å². The number of Topliss-reactive ketones (excluding diaryl/α,β-unsaturated/α-hetero) is 1. The number of anilines is 1. The average Bonchev–Trinajstić information content (AvgIpc) is 2.77. The van der Waals surface area contributed by atoms with Crippen LogP contribution in [-0.2, 0) is 4.74 Å². The fourth-order valence-corrected chi connectivity index (χ4v) is 2.14. The van der Waals surface area contributed by atoms with Crippen molar-refractivity contribution in [1.29, 1.82) is 0 Å². The van der Waals surface area contributed by atoms with Crippen molar-refractivity contribution >= 4 is 17.4 Å². The van der Waals surface area contributed by atoms with Crippen molar-refractivity contribution in [2.24, 2.45) is 4.99 Å². The molecule has 1 heterocycles. The van der Waals surface area contributed by atoms with Gasteiger partial charge in [0.1, 0.15) is 6.61 Å². The van der Waals surface area contributed by atoms with E-state index in [2.05, 4.69) is 4.99 Å². The van der Waals surface area contributed by atoms with Gasteiger partial charge in [-0.1, -0.05) is 6.92 Å². The molecule has 0 saturated carbocycles. The van der Waals surface area contributed by atoms with Crippen molar-refractivity contribution in [3.05, 3.63) is 29.3 Å². The smallest absolute Gasteiger partial charge is 0.217 e. The summed E-state index contributed by atoms with van der Waals surface area (Å²) in [5.41, 5.74) is 2.29. The van der Waals surface area contributed by atoms with Crippen LogP contribution in [0.4, 0.5) is 5.69 Å². The molecule has 0 N–H and O–H groups in total. The average molecular weight is 274 g/mol. The number of carbonyl (C=O) groups is 1.